The number of hydrogen-bond acceptors (Lipinski definition) is 3. The van der Waals surface area contributed by atoms with Crippen LogP contribution in [0.25, 0.3) is 12.2 Å². The summed E-state index contributed by atoms with van der Waals surface area (Å²) in [5, 5.41) is 9.85. The second-order valence-electron chi connectivity index (χ2n) is 4.21. The number of rotatable bonds is 4. The maximum atomic E-state index is 11.9. The van der Waals surface area contributed by atoms with E-state index in [4.69, 9.17) is 4.74 Å². The van der Waals surface area contributed by atoms with Crippen molar-refractivity contribution in [1.82, 2.24) is 0 Å². The number of phenolic OH excluding ortho intramolecular Hbond substituents is 1. The first-order valence-electron chi connectivity index (χ1n) is 6.44. The molecule has 0 spiro atoms. The number of carbonyl (C=O) groups excluding carboxylic acids is 1. The van der Waals surface area contributed by atoms with Gasteiger partial charge >= 0.3 is 5.97 Å². The summed E-state index contributed by atoms with van der Waals surface area (Å²) in [6, 6.07) is 14.7. The second-order valence-corrected chi connectivity index (χ2v) is 4.21. The summed E-state index contributed by atoms with van der Waals surface area (Å²) in [5.74, 6) is -0.586. The highest BCUT2D eigenvalue weighted by Gasteiger charge is 2.15. The zero-order valence-electron chi connectivity index (χ0n) is 11.2. The molecule has 0 radical (unpaired) electrons. The molecule has 3 heteroatoms. The van der Waals surface area contributed by atoms with E-state index in [9.17, 15) is 9.90 Å². The van der Waals surface area contributed by atoms with Crippen LogP contribution in [-0.4, -0.2) is 17.7 Å². The Kier molecular flexibility index (Phi) is 4.56. The number of phenols is 1. The normalized spacial score (nSPS) is 10.7. The first kappa shape index (κ1) is 13.9. The Morgan fingerprint density at radius 1 is 1.10 bits per heavy atom. The molecule has 0 aliphatic carbocycles. The molecule has 0 fully saturated rings. The molecular weight excluding hydrogens is 252 g/mol. The van der Waals surface area contributed by atoms with E-state index in [1.54, 1.807) is 25.1 Å². The lowest BCUT2D eigenvalue weighted by atomic mass is 10.0. The van der Waals surface area contributed by atoms with Gasteiger partial charge in [-0.05, 0) is 24.1 Å². The van der Waals surface area contributed by atoms with Crippen molar-refractivity contribution in [3.63, 3.8) is 0 Å². The summed E-state index contributed by atoms with van der Waals surface area (Å²) in [4.78, 5) is 11.9. The minimum Gasteiger partial charge on any atom is -0.507 e. The van der Waals surface area contributed by atoms with Crippen LogP contribution >= 0.6 is 0 Å². The van der Waals surface area contributed by atoms with Gasteiger partial charge in [0.1, 0.15) is 11.3 Å². The molecule has 2 aromatic rings. The highest BCUT2D eigenvalue weighted by molar-refractivity contribution is 5.97. The third-order valence-corrected chi connectivity index (χ3v) is 2.81. The van der Waals surface area contributed by atoms with Crippen molar-refractivity contribution in [3.05, 3.63) is 65.2 Å². The highest BCUT2D eigenvalue weighted by atomic mass is 16.5. The molecule has 0 saturated carbocycles. The monoisotopic (exact) mass is 268 g/mol. The Bertz CT molecular complexity index is 615. The van der Waals surface area contributed by atoms with Crippen LogP contribution in [0, 0.1) is 0 Å². The van der Waals surface area contributed by atoms with E-state index in [-0.39, 0.29) is 17.9 Å². The quantitative estimate of drug-likeness (QED) is 0.678. The van der Waals surface area contributed by atoms with E-state index in [0.29, 0.717) is 5.56 Å². The molecular formula is C17H16O3. The maximum Gasteiger partial charge on any atom is 0.342 e. The molecule has 102 valence electrons. The fourth-order valence-corrected chi connectivity index (χ4v) is 1.87. The van der Waals surface area contributed by atoms with Crippen LogP contribution in [0.15, 0.2) is 48.5 Å². The van der Waals surface area contributed by atoms with Crippen molar-refractivity contribution < 1.29 is 14.6 Å². The third kappa shape index (κ3) is 3.26. The lowest BCUT2D eigenvalue weighted by Gasteiger charge is -2.07. The van der Waals surface area contributed by atoms with Gasteiger partial charge in [0.05, 0.1) is 6.61 Å². The Balaban J connectivity index is 2.34. The van der Waals surface area contributed by atoms with Crippen LogP contribution in [-0.2, 0) is 4.74 Å². The fraction of sp³-hybridized carbons (Fsp3) is 0.118. The molecule has 0 heterocycles. The van der Waals surface area contributed by atoms with Crippen molar-refractivity contribution >= 4 is 18.1 Å². The van der Waals surface area contributed by atoms with Gasteiger partial charge < -0.3 is 9.84 Å². The molecule has 3 nitrogen and oxygen atoms in total. The minimum absolute atomic E-state index is 0.0707. The number of carbonyl (C=O) groups is 1. The van der Waals surface area contributed by atoms with Gasteiger partial charge in [0.2, 0.25) is 0 Å². The average Bonchev–Trinajstić information content (AvgIpc) is 2.46. The number of benzene rings is 2. The summed E-state index contributed by atoms with van der Waals surface area (Å²) in [7, 11) is 0. The number of esters is 1. The summed E-state index contributed by atoms with van der Waals surface area (Å²) in [6.45, 7) is 2.01. The topological polar surface area (TPSA) is 46.5 Å². The molecule has 0 atom stereocenters. The molecule has 0 aromatic heterocycles. The van der Waals surface area contributed by atoms with Crippen molar-refractivity contribution in [2.75, 3.05) is 6.61 Å². The summed E-state index contributed by atoms with van der Waals surface area (Å²) in [5.41, 5.74) is 1.85. The van der Waals surface area contributed by atoms with Gasteiger partial charge in [-0.25, -0.2) is 4.79 Å². The smallest absolute Gasteiger partial charge is 0.342 e. The molecule has 2 rings (SSSR count). The summed E-state index contributed by atoms with van der Waals surface area (Å²) >= 11 is 0. The molecule has 20 heavy (non-hydrogen) atoms. The van der Waals surface area contributed by atoms with E-state index >= 15 is 0 Å². The molecule has 0 unspecified atom stereocenters. The van der Waals surface area contributed by atoms with Gasteiger partial charge in [0.25, 0.3) is 0 Å². The van der Waals surface area contributed by atoms with Crippen molar-refractivity contribution in [2.45, 2.75) is 6.92 Å². The van der Waals surface area contributed by atoms with Crippen molar-refractivity contribution in [3.8, 4) is 5.75 Å². The zero-order chi connectivity index (χ0) is 14.4. The molecule has 1 N–H and O–H groups in total. The molecule has 2 aromatic carbocycles. The molecule has 0 saturated heterocycles. The number of ether oxygens (including phenoxy) is 1. The van der Waals surface area contributed by atoms with Crippen LogP contribution in [0.3, 0.4) is 0 Å². The maximum absolute atomic E-state index is 11.9. The zero-order valence-corrected chi connectivity index (χ0v) is 11.2. The van der Waals surface area contributed by atoms with E-state index in [0.717, 1.165) is 5.56 Å². The van der Waals surface area contributed by atoms with Gasteiger partial charge in [0.15, 0.2) is 0 Å². The van der Waals surface area contributed by atoms with E-state index < -0.39 is 5.97 Å². The Morgan fingerprint density at radius 3 is 2.55 bits per heavy atom. The van der Waals surface area contributed by atoms with Crippen molar-refractivity contribution in [2.24, 2.45) is 0 Å². The van der Waals surface area contributed by atoms with Crippen molar-refractivity contribution in [1.29, 1.82) is 0 Å². The Hall–Kier alpha value is -2.55. The number of aromatic hydroxyl groups is 1. The fourth-order valence-electron chi connectivity index (χ4n) is 1.87. The standard InChI is InChI=1S/C17H16O3/c1-2-20-17(19)16-14(9-6-10-15(16)18)12-11-13-7-4-3-5-8-13/h3-12,18H,2H2,1H3/b12-11+. The average molecular weight is 268 g/mol. The number of hydrogen-bond donors (Lipinski definition) is 1. The molecule has 0 aliphatic heterocycles. The van der Waals surface area contributed by atoms with Gasteiger partial charge in [-0.2, -0.15) is 0 Å². The van der Waals surface area contributed by atoms with Crippen LogP contribution in [0.4, 0.5) is 0 Å². The Labute approximate surface area is 118 Å². The molecule has 0 bridgehead atoms. The van der Waals surface area contributed by atoms with Gasteiger partial charge in [-0.1, -0.05) is 54.6 Å². The lowest BCUT2D eigenvalue weighted by molar-refractivity contribution is 0.0523. The first-order chi connectivity index (χ1) is 9.72. The molecule has 0 amide bonds. The van der Waals surface area contributed by atoms with E-state index in [2.05, 4.69) is 0 Å². The van der Waals surface area contributed by atoms with Crippen LogP contribution < -0.4 is 0 Å². The predicted molar refractivity (Wildman–Crippen MR) is 79.4 cm³/mol. The van der Waals surface area contributed by atoms with Crippen LogP contribution in [0.2, 0.25) is 0 Å². The second kappa shape index (κ2) is 6.57. The van der Waals surface area contributed by atoms with Gasteiger partial charge in [-0.3, -0.25) is 0 Å². The predicted octanol–water partition coefficient (Wildman–Crippen LogP) is 3.74. The van der Waals surface area contributed by atoms with E-state index in [1.807, 2.05) is 36.4 Å². The lowest BCUT2D eigenvalue weighted by Crippen LogP contribution is -2.06. The van der Waals surface area contributed by atoms with E-state index in [1.165, 1.54) is 6.07 Å². The van der Waals surface area contributed by atoms with Gasteiger partial charge in [-0.15, -0.1) is 0 Å². The third-order valence-electron chi connectivity index (χ3n) is 2.81. The summed E-state index contributed by atoms with van der Waals surface area (Å²) in [6.07, 6.45) is 3.68. The van der Waals surface area contributed by atoms with Crippen LogP contribution in [0.5, 0.6) is 5.75 Å². The highest BCUT2D eigenvalue weighted by Crippen LogP contribution is 2.24. The van der Waals surface area contributed by atoms with Gasteiger partial charge in [0, 0.05) is 0 Å². The van der Waals surface area contributed by atoms with Crippen LogP contribution in [0.1, 0.15) is 28.4 Å². The molecule has 0 aliphatic rings. The Morgan fingerprint density at radius 2 is 1.85 bits per heavy atom. The summed E-state index contributed by atoms with van der Waals surface area (Å²) < 4.78 is 4.97. The first-order valence-corrected chi connectivity index (χ1v) is 6.44. The SMILES string of the molecule is CCOC(=O)c1c(O)cccc1/C=C/c1ccccc1. The largest absolute Gasteiger partial charge is 0.507 e. The minimum atomic E-state index is -0.515.